The van der Waals surface area contributed by atoms with Gasteiger partial charge in [0.25, 0.3) is 0 Å². The van der Waals surface area contributed by atoms with Gasteiger partial charge in [0.1, 0.15) is 12.1 Å². The Labute approximate surface area is 101 Å². The van der Waals surface area contributed by atoms with Crippen molar-refractivity contribution >= 4 is 5.82 Å². The third-order valence-electron chi connectivity index (χ3n) is 2.96. The zero-order valence-corrected chi connectivity index (χ0v) is 10.1. The summed E-state index contributed by atoms with van der Waals surface area (Å²) in [6.07, 6.45) is 1.23. The van der Waals surface area contributed by atoms with Crippen molar-refractivity contribution in [1.82, 2.24) is 19.8 Å². The number of halogens is 1. The molecule has 1 N–H and O–H groups in total. The Kier molecular flexibility index (Phi) is 4.22. The van der Waals surface area contributed by atoms with Crippen molar-refractivity contribution in [2.75, 3.05) is 51.6 Å². The molecule has 1 aromatic rings. The highest BCUT2D eigenvalue weighted by molar-refractivity contribution is 5.31. The highest BCUT2D eigenvalue weighted by Crippen LogP contribution is 2.02. The molecule has 0 aliphatic carbocycles. The third kappa shape index (κ3) is 3.90. The molecule has 2 heterocycles. The quantitative estimate of drug-likeness (QED) is 0.764. The van der Waals surface area contributed by atoms with Crippen molar-refractivity contribution in [2.24, 2.45) is 0 Å². The van der Waals surface area contributed by atoms with E-state index < -0.39 is 5.95 Å². The standard InChI is InChI=1S/C11H18FN5/c1-16-4-6-17(7-5-16)3-2-13-11-8-10(12)14-9-15-11/h8-9H,2-7H2,1H3,(H,13,14,15). The molecule has 2 rings (SSSR count). The van der Waals surface area contributed by atoms with Gasteiger partial charge in [-0.1, -0.05) is 0 Å². The van der Waals surface area contributed by atoms with Gasteiger partial charge in [0.2, 0.25) is 5.95 Å². The Balaban J connectivity index is 1.69. The van der Waals surface area contributed by atoms with Crippen LogP contribution in [-0.4, -0.2) is 66.1 Å². The Bertz CT molecular complexity index is 351. The van der Waals surface area contributed by atoms with Gasteiger partial charge in [-0.05, 0) is 7.05 Å². The van der Waals surface area contributed by atoms with Gasteiger partial charge in [-0.2, -0.15) is 4.39 Å². The van der Waals surface area contributed by atoms with E-state index in [1.54, 1.807) is 0 Å². The normalized spacial score (nSPS) is 18.2. The lowest BCUT2D eigenvalue weighted by atomic mass is 10.3. The molecule has 5 nitrogen and oxygen atoms in total. The maximum Gasteiger partial charge on any atom is 0.217 e. The molecule has 1 fully saturated rings. The molecule has 0 unspecified atom stereocenters. The summed E-state index contributed by atoms with van der Waals surface area (Å²) in [6.45, 7) is 6.15. The summed E-state index contributed by atoms with van der Waals surface area (Å²) in [5.74, 6) is 0.0497. The SMILES string of the molecule is CN1CCN(CCNc2cc(F)ncn2)CC1. The fraction of sp³-hybridized carbons (Fsp3) is 0.636. The lowest BCUT2D eigenvalue weighted by Crippen LogP contribution is -2.45. The topological polar surface area (TPSA) is 44.3 Å². The first kappa shape index (κ1) is 12.2. The zero-order valence-electron chi connectivity index (χ0n) is 10.1. The second-order valence-corrected chi connectivity index (χ2v) is 4.30. The van der Waals surface area contributed by atoms with Crippen molar-refractivity contribution in [1.29, 1.82) is 0 Å². The minimum atomic E-state index is -0.498. The summed E-state index contributed by atoms with van der Waals surface area (Å²) in [4.78, 5) is 12.1. The number of rotatable bonds is 4. The second kappa shape index (κ2) is 5.88. The maximum atomic E-state index is 12.8. The minimum absolute atomic E-state index is 0.498. The molecule has 0 spiro atoms. The van der Waals surface area contributed by atoms with Crippen LogP contribution in [0.2, 0.25) is 0 Å². The smallest absolute Gasteiger partial charge is 0.217 e. The summed E-state index contributed by atoms with van der Waals surface area (Å²) in [7, 11) is 2.14. The summed E-state index contributed by atoms with van der Waals surface area (Å²) < 4.78 is 12.8. The van der Waals surface area contributed by atoms with Gasteiger partial charge in [-0.15, -0.1) is 0 Å². The first-order chi connectivity index (χ1) is 8.24. The predicted octanol–water partition coefficient (Wildman–Crippen LogP) is 0.275. The van der Waals surface area contributed by atoms with E-state index in [1.165, 1.54) is 12.4 Å². The Morgan fingerprint density at radius 1 is 1.29 bits per heavy atom. The van der Waals surface area contributed by atoms with E-state index >= 15 is 0 Å². The van der Waals surface area contributed by atoms with Crippen LogP contribution < -0.4 is 5.32 Å². The van der Waals surface area contributed by atoms with Gasteiger partial charge in [0, 0.05) is 45.3 Å². The Morgan fingerprint density at radius 2 is 2.06 bits per heavy atom. The molecular weight excluding hydrogens is 221 g/mol. The first-order valence-corrected chi connectivity index (χ1v) is 5.86. The molecule has 17 heavy (non-hydrogen) atoms. The molecule has 1 aliphatic rings. The Hall–Kier alpha value is -1.27. The fourth-order valence-corrected chi connectivity index (χ4v) is 1.84. The number of nitrogens with one attached hydrogen (secondary N) is 1. The van der Waals surface area contributed by atoms with Crippen LogP contribution in [0.15, 0.2) is 12.4 Å². The van der Waals surface area contributed by atoms with Gasteiger partial charge in [-0.25, -0.2) is 9.97 Å². The molecule has 1 aromatic heterocycles. The van der Waals surface area contributed by atoms with Crippen LogP contribution in [0.4, 0.5) is 10.2 Å². The molecular formula is C11H18FN5. The second-order valence-electron chi connectivity index (χ2n) is 4.30. The number of nitrogens with zero attached hydrogens (tertiary/aromatic N) is 4. The van der Waals surface area contributed by atoms with Gasteiger partial charge >= 0.3 is 0 Å². The number of hydrogen-bond acceptors (Lipinski definition) is 5. The first-order valence-electron chi connectivity index (χ1n) is 5.86. The van der Waals surface area contributed by atoms with Gasteiger partial charge in [-0.3, -0.25) is 4.90 Å². The number of anilines is 1. The van der Waals surface area contributed by atoms with Gasteiger partial charge in [0.15, 0.2) is 0 Å². The van der Waals surface area contributed by atoms with Crippen LogP contribution in [0.1, 0.15) is 0 Å². The van der Waals surface area contributed by atoms with Crippen LogP contribution in [0, 0.1) is 5.95 Å². The number of piperazine rings is 1. The lowest BCUT2D eigenvalue weighted by Gasteiger charge is -2.32. The van der Waals surface area contributed by atoms with Crippen LogP contribution in [0.5, 0.6) is 0 Å². The van der Waals surface area contributed by atoms with Crippen molar-refractivity contribution in [3.05, 3.63) is 18.3 Å². The van der Waals surface area contributed by atoms with E-state index in [4.69, 9.17) is 0 Å². The number of aromatic nitrogens is 2. The summed E-state index contributed by atoms with van der Waals surface area (Å²) in [5, 5.41) is 3.10. The van der Waals surface area contributed by atoms with Gasteiger partial charge in [0.05, 0.1) is 0 Å². The van der Waals surface area contributed by atoms with Crippen molar-refractivity contribution in [3.63, 3.8) is 0 Å². The number of likely N-dealkylation sites (N-methyl/N-ethyl adjacent to an activating group) is 1. The van der Waals surface area contributed by atoms with E-state index in [0.717, 1.165) is 39.3 Å². The van der Waals surface area contributed by atoms with Crippen LogP contribution in [-0.2, 0) is 0 Å². The molecule has 1 saturated heterocycles. The average Bonchev–Trinajstić information content (AvgIpc) is 2.32. The van der Waals surface area contributed by atoms with Crippen molar-refractivity contribution in [2.45, 2.75) is 0 Å². The summed E-state index contributed by atoms with van der Waals surface area (Å²) >= 11 is 0. The summed E-state index contributed by atoms with van der Waals surface area (Å²) in [5.41, 5.74) is 0. The van der Waals surface area contributed by atoms with Crippen molar-refractivity contribution in [3.8, 4) is 0 Å². The molecule has 94 valence electrons. The molecule has 0 amide bonds. The number of hydrogen-bond donors (Lipinski definition) is 1. The van der Waals surface area contributed by atoms with E-state index in [1.807, 2.05) is 0 Å². The average molecular weight is 239 g/mol. The maximum absolute atomic E-state index is 12.8. The molecule has 0 saturated carbocycles. The Morgan fingerprint density at radius 3 is 2.76 bits per heavy atom. The molecule has 0 aromatic carbocycles. The van der Waals surface area contributed by atoms with E-state index in [2.05, 4.69) is 32.1 Å². The lowest BCUT2D eigenvalue weighted by molar-refractivity contribution is 0.158. The van der Waals surface area contributed by atoms with E-state index in [0.29, 0.717) is 5.82 Å². The van der Waals surface area contributed by atoms with E-state index in [-0.39, 0.29) is 0 Å². The van der Waals surface area contributed by atoms with Crippen LogP contribution in [0.25, 0.3) is 0 Å². The van der Waals surface area contributed by atoms with Gasteiger partial charge < -0.3 is 10.2 Å². The monoisotopic (exact) mass is 239 g/mol. The predicted molar refractivity (Wildman–Crippen MR) is 64.4 cm³/mol. The van der Waals surface area contributed by atoms with Crippen LogP contribution >= 0.6 is 0 Å². The fourth-order valence-electron chi connectivity index (χ4n) is 1.84. The zero-order chi connectivity index (χ0) is 12.1. The van der Waals surface area contributed by atoms with Crippen molar-refractivity contribution < 1.29 is 4.39 Å². The largest absolute Gasteiger partial charge is 0.369 e. The molecule has 0 bridgehead atoms. The molecule has 1 aliphatic heterocycles. The van der Waals surface area contributed by atoms with Crippen LogP contribution in [0.3, 0.4) is 0 Å². The highest BCUT2D eigenvalue weighted by atomic mass is 19.1. The molecule has 0 atom stereocenters. The highest BCUT2D eigenvalue weighted by Gasteiger charge is 2.12. The minimum Gasteiger partial charge on any atom is -0.369 e. The molecule has 6 heteroatoms. The third-order valence-corrected chi connectivity index (χ3v) is 2.96. The van der Waals surface area contributed by atoms with E-state index in [9.17, 15) is 4.39 Å². The molecule has 0 radical (unpaired) electrons. The summed E-state index contributed by atoms with van der Waals surface area (Å²) in [6, 6.07) is 1.31.